The lowest BCUT2D eigenvalue weighted by Crippen LogP contribution is -2.11. The van der Waals surface area contributed by atoms with Crippen LogP contribution in [0.5, 0.6) is 0 Å². The van der Waals surface area contributed by atoms with E-state index in [1.54, 1.807) is 6.92 Å². The summed E-state index contributed by atoms with van der Waals surface area (Å²) in [6.45, 7) is 8.98. The summed E-state index contributed by atoms with van der Waals surface area (Å²) in [6, 6.07) is 0. The quantitative estimate of drug-likeness (QED) is 0.516. The van der Waals surface area contributed by atoms with Crippen molar-refractivity contribution in [2.45, 2.75) is 20.8 Å². The summed E-state index contributed by atoms with van der Waals surface area (Å²) >= 11 is 0. The third-order valence-corrected chi connectivity index (χ3v) is 0.906. The van der Waals surface area contributed by atoms with E-state index in [9.17, 15) is 4.79 Å². The predicted octanol–water partition coefficient (Wildman–Crippen LogP) is 1.54. The molecule has 0 saturated carbocycles. The van der Waals surface area contributed by atoms with Crippen molar-refractivity contribution >= 4 is 11.7 Å². The van der Waals surface area contributed by atoms with Gasteiger partial charge in [0.1, 0.15) is 5.70 Å². The van der Waals surface area contributed by atoms with Crippen molar-refractivity contribution in [3.05, 3.63) is 24.6 Å². The minimum atomic E-state index is -1.15. The van der Waals surface area contributed by atoms with Gasteiger partial charge in [0.2, 0.25) is 0 Å². The second-order valence-electron chi connectivity index (χ2n) is 1.86. The van der Waals surface area contributed by atoms with Gasteiger partial charge in [-0.2, -0.15) is 0 Å². The van der Waals surface area contributed by atoms with Gasteiger partial charge >= 0.3 is 5.97 Å². The lowest BCUT2D eigenvalue weighted by Gasteiger charge is -1.91. The van der Waals surface area contributed by atoms with Crippen molar-refractivity contribution in [2.24, 2.45) is 10.7 Å². The Hall–Kier alpha value is -1.58. The van der Waals surface area contributed by atoms with E-state index in [0.717, 1.165) is 0 Å². The van der Waals surface area contributed by atoms with Crippen molar-refractivity contribution in [1.29, 1.82) is 0 Å². The Morgan fingerprint density at radius 1 is 1.54 bits per heavy atom. The highest BCUT2D eigenvalue weighted by molar-refractivity contribution is 6.00. The highest BCUT2D eigenvalue weighted by Crippen LogP contribution is 1.87. The molecular formula is C9H16N2O2. The van der Waals surface area contributed by atoms with Crippen LogP contribution in [0.15, 0.2) is 29.5 Å². The fraction of sp³-hybridized carbons (Fsp3) is 0.333. The number of nitrogens with two attached hydrogens (primary N) is 1. The molecule has 0 unspecified atom stereocenters. The van der Waals surface area contributed by atoms with Crippen molar-refractivity contribution in [3.8, 4) is 0 Å². The monoisotopic (exact) mass is 184 g/mol. The summed E-state index contributed by atoms with van der Waals surface area (Å²) < 4.78 is 0. The SMILES string of the molecule is C=CN=C(C)/C=C(\N)C(=O)O.CC. The number of hydrogen-bond donors (Lipinski definition) is 2. The maximum absolute atomic E-state index is 10.2. The van der Waals surface area contributed by atoms with Gasteiger partial charge in [0, 0.05) is 11.9 Å². The molecular weight excluding hydrogens is 168 g/mol. The van der Waals surface area contributed by atoms with Crippen LogP contribution in [0.25, 0.3) is 0 Å². The first kappa shape index (κ1) is 14.0. The van der Waals surface area contributed by atoms with Crippen molar-refractivity contribution in [2.75, 3.05) is 0 Å². The first-order chi connectivity index (χ1) is 6.07. The molecule has 0 aliphatic heterocycles. The maximum Gasteiger partial charge on any atom is 0.351 e. The predicted molar refractivity (Wildman–Crippen MR) is 54.6 cm³/mol. The fourth-order valence-electron chi connectivity index (χ4n) is 0.468. The van der Waals surface area contributed by atoms with Gasteiger partial charge in [-0.15, -0.1) is 0 Å². The minimum absolute atomic E-state index is 0.229. The molecule has 74 valence electrons. The van der Waals surface area contributed by atoms with Crippen LogP contribution in [-0.2, 0) is 4.79 Å². The molecule has 0 aromatic rings. The van der Waals surface area contributed by atoms with E-state index in [0.29, 0.717) is 5.71 Å². The second kappa shape index (κ2) is 8.52. The van der Waals surface area contributed by atoms with Crippen LogP contribution in [0, 0.1) is 0 Å². The van der Waals surface area contributed by atoms with Gasteiger partial charge in [0.15, 0.2) is 0 Å². The Labute approximate surface area is 78.5 Å². The van der Waals surface area contributed by atoms with Crippen LogP contribution >= 0.6 is 0 Å². The largest absolute Gasteiger partial charge is 0.477 e. The molecule has 0 aromatic carbocycles. The standard InChI is InChI=1S/C7H10N2O2.C2H6/c1-3-9-5(2)4-6(8)7(10)11;1-2/h3-4H,1,8H2,2H3,(H,10,11);1-2H3/b6-4-,9-5?;. The molecule has 0 spiro atoms. The Kier molecular flexibility index (Phi) is 9.15. The molecule has 4 heteroatoms. The Bertz CT molecular complexity index is 230. The maximum atomic E-state index is 10.2. The van der Waals surface area contributed by atoms with E-state index >= 15 is 0 Å². The molecule has 0 atom stereocenters. The second-order valence-corrected chi connectivity index (χ2v) is 1.86. The molecule has 0 rings (SSSR count). The van der Waals surface area contributed by atoms with Crippen molar-refractivity contribution in [3.63, 3.8) is 0 Å². The van der Waals surface area contributed by atoms with E-state index in [-0.39, 0.29) is 5.70 Å². The lowest BCUT2D eigenvalue weighted by atomic mass is 10.3. The Balaban J connectivity index is 0. The van der Waals surface area contributed by atoms with Crippen LogP contribution in [0.2, 0.25) is 0 Å². The zero-order chi connectivity index (χ0) is 10.9. The minimum Gasteiger partial charge on any atom is -0.477 e. The summed E-state index contributed by atoms with van der Waals surface area (Å²) in [6.07, 6.45) is 2.59. The molecule has 0 bridgehead atoms. The van der Waals surface area contributed by atoms with Gasteiger partial charge in [-0.1, -0.05) is 20.4 Å². The van der Waals surface area contributed by atoms with Crippen molar-refractivity contribution in [1.82, 2.24) is 0 Å². The van der Waals surface area contributed by atoms with Crippen LogP contribution in [0.3, 0.4) is 0 Å². The Morgan fingerprint density at radius 2 is 2.00 bits per heavy atom. The highest BCUT2D eigenvalue weighted by Gasteiger charge is 1.99. The number of aliphatic carboxylic acids is 1. The number of allylic oxidation sites excluding steroid dienone is 1. The third kappa shape index (κ3) is 8.33. The first-order valence-electron chi connectivity index (χ1n) is 3.93. The summed E-state index contributed by atoms with van der Waals surface area (Å²) in [7, 11) is 0. The fourth-order valence-corrected chi connectivity index (χ4v) is 0.468. The van der Waals surface area contributed by atoms with Gasteiger partial charge < -0.3 is 10.8 Å². The van der Waals surface area contributed by atoms with Gasteiger partial charge in [0.05, 0.1) is 0 Å². The van der Waals surface area contributed by atoms with Crippen LogP contribution < -0.4 is 5.73 Å². The van der Waals surface area contributed by atoms with Crippen LogP contribution in [-0.4, -0.2) is 16.8 Å². The topological polar surface area (TPSA) is 75.7 Å². The van der Waals surface area contributed by atoms with E-state index < -0.39 is 5.97 Å². The number of carboxylic acids is 1. The van der Waals surface area contributed by atoms with Gasteiger partial charge in [-0.25, -0.2) is 4.79 Å². The molecule has 0 aliphatic rings. The number of rotatable bonds is 3. The summed E-state index contributed by atoms with van der Waals surface area (Å²) in [5.41, 5.74) is 5.38. The molecule has 0 heterocycles. The van der Waals surface area contributed by atoms with E-state index in [2.05, 4.69) is 11.6 Å². The molecule has 0 fully saturated rings. The average molecular weight is 184 g/mol. The zero-order valence-corrected chi connectivity index (χ0v) is 8.24. The number of carbonyl (C=O) groups is 1. The number of aliphatic imine (C=N–C) groups is 1. The molecule has 0 radical (unpaired) electrons. The summed E-state index contributed by atoms with van der Waals surface area (Å²) in [4.78, 5) is 13.9. The Morgan fingerprint density at radius 3 is 2.31 bits per heavy atom. The lowest BCUT2D eigenvalue weighted by molar-refractivity contribution is -0.132. The summed E-state index contributed by atoms with van der Waals surface area (Å²) in [5.74, 6) is -1.15. The smallest absolute Gasteiger partial charge is 0.351 e. The highest BCUT2D eigenvalue weighted by atomic mass is 16.4. The van der Waals surface area contributed by atoms with E-state index in [4.69, 9.17) is 10.8 Å². The molecule has 0 aliphatic carbocycles. The van der Waals surface area contributed by atoms with Crippen LogP contribution in [0.4, 0.5) is 0 Å². The third-order valence-electron chi connectivity index (χ3n) is 0.906. The molecule has 13 heavy (non-hydrogen) atoms. The van der Waals surface area contributed by atoms with Gasteiger partial charge in [-0.05, 0) is 13.0 Å². The van der Waals surface area contributed by atoms with Gasteiger partial charge in [-0.3, -0.25) is 4.99 Å². The van der Waals surface area contributed by atoms with E-state index in [1.807, 2.05) is 13.8 Å². The molecule has 0 aromatic heterocycles. The first-order valence-corrected chi connectivity index (χ1v) is 3.93. The van der Waals surface area contributed by atoms with E-state index in [1.165, 1.54) is 12.3 Å². The molecule has 0 amide bonds. The number of carboxylic acid groups (broad SMARTS) is 1. The number of nitrogens with zero attached hydrogens (tertiary/aromatic N) is 1. The number of hydrogen-bond acceptors (Lipinski definition) is 3. The molecule has 3 N–H and O–H groups in total. The summed E-state index contributed by atoms with van der Waals surface area (Å²) in [5, 5.41) is 8.32. The van der Waals surface area contributed by atoms with Gasteiger partial charge in [0.25, 0.3) is 0 Å². The average Bonchev–Trinajstić information content (AvgIpc) is 2.08. The zero-order valence-electron chi connectivity index (χ0n) is 8.24. The molecule has 0 saturated heterocycles. The van der Waals surface area contributed by atoms with Crippen LogP contribution in [0.1, 0.15) is 20.8 Å². The molecule has 4 nitrogen and oxygen atoms in total. The van der Waals surface area contributed by atoms with Crippen molar-refractivity contribution < 1.29 is 9.90 Å². The normalized spacial score (nSPS) is 11.3.